The van der Waals surface area contributed by atoms with Crippen molar-refractivity contribution < 1.29 is 85.3 Å². The van der Waals surface area contributed by atoms with Gasteiger partial charge in [-0.2, -0.15) is 13.2 Å². The Morgan fingerprint density at radius 1 is 0.500 bits per heavy atom. The second kappa shape index (κ2) is 41.2. The molecule has 594 valence electrons. The first kappa shape index (κ1) is 90.1. The van der Waals surface area contributed by atoms with E-state index in [1.165, 1.54) is 57.0 Å². The van der Waals surface area contributed by atoms with E-state index in [4.69, 9.17) is 9.47 Å². The zero-order valence-corrected chi connectivity index (χ0v) is 65.5. The first-order valence-corrected chi connectivity index (χ1v) is 36.8. The largest absolute Gasteiger partial charge is 0.416 e. The van der Waals surface area contributed by atoms with Gasteiger partial charge in [0.05, 0.1) is 38.4 Å². The molecule has 1 unspecified atom stereocenters. The van der Waals surface area contributed by atoms with Gasteiger partial charge in [0.15, 0.2) is 6.10 Å². The van der Waals surface area contributed by atoms with Crippen molar-refractivity contribution in [2.75, 3.05) is 81.7 Å². The number of likely N-dealkylation sites (tertiary alicyclic amines) is 1. The number of aliphatic hydroxyl groups excluding tert-OH is 1. The van der Waals surface area contributed by atoms with E-state index in [-0.39, 0.29) is 62.9 Å². The van der Waals surface area contributed by atoms with Crippen molar-refractivity contribution in [3.05, 3.63) is 71.8 Å². The Morgan fingerprint density at radius 3 is 1.37 bits per heavy atom. The van der Waals surface area contributed by atoms with Gasteiger partial charge in [0.25, 0.3) is 0 Å². The van der Waals surface area contributed by atoms with Crippen molar-refractivity contribution in [2.45, 2.75) is 226 Å². The Labute approximate surface area is 623 Å². The van der Waals surface area contributed by atoms with Gasteiger partial charge in [-0.3, -0.25) is 57.5 Å². The normalized spacial score (nSPS) is 24.6. The molecule has 0 bridgehead atoms. The summed E-state index contributed by atoms with van der Waals surface area (Å²) >= 11 is 0. The molecule has 2 aliphatic rings. The number of carbonyl (C=O) groups is 12. The molecule has 0 radical (unpaired) electrons. The molecule has 0 saturated carbocycles. The molecule has 2 aromatic rings. The molecule has 0 spiro atoms. The highest BCUT2D eigenvalue weighted by molar-refractivity contribution is 6.00. The number of likely N-dealkylation sites (N-methyl/N-ethyl adjacent to an activating group) is 6. The molecule has 4 rings (SSSR count). The predicted molar refractivity (Wildman–Crippen MR) is 392 cm³/mol. The molecule has 106 heavy (non-hydrogen) atoms. The summed E-state index contributed by atoms with van der Waals surface area (Å²) in [6, 6.07) is 2.14. The van der Waals surface area contributed by atoms with Crippen LogP contribution >= 0.6 is 0 Å². The lowest BCUT2D eigenvalue weighted by atomic mass is 9.97. The highest BCUT2D eigenvalue weighted by atomic mass is 19.4. The summed E-state index contributed by atoms with van der Waals surface area (Å²) in [5.74, 6) is -12.4. The van der Waals surface area contributed by atoms with Gasteiger partial charge >= 0.3 is 6.18 Å². The molecule has 6 N–H and O–H groups in total. The molecule has 12 amide bonds. The number of nitrogens with one attached hydrogen (secondary N) is 5. The van der Waals surface area contributed by atoms with E-state index in [0.29, 0.717) is 24.0 Å². The third-order valence-corrected chi connectivity index (χ3v) is 19.0. The van der Waals surface area contributed by atoms with Crippen LogP contribution in [0.1, 0.15) is 146 Å². The molecule has 2 fully saturated rings. The first-order chi connectivity index (χ1) is 49.4. The molecule has 27 nitrogen and oxygen atoms in total. The quantitative estimate of drug-likeness (QED) is 0.115. The summed E-state index contributed by atoms with van der Waals surface area (Å²) in [6.45, 7) is 19.5. The van der Waals surface area contributed by atoms with Crippen LogP contribution in [0.2, 0.25) is 0 Å². The van der Waals surface area contributed by atoms with E-state index in [2.05, 4.69) is 26.6 Å². The predicted octanol–water partition coefficient (Wildman–Crippen LogP) is 4.11. The highest BCUT2D eigenvalue weighted by Crippen LogP contribution is 2.25. The van der Waals surface area contributed by atoms with Crippen LogP contribution in [-0.4, -0.2) is 270 Å². The van der Waals surface area contributed by atoms with Gasteiger partial charge in [-0.25, -0.2) is 0 Å². The van der Waals surface area contributed by atoms with Crippen LogP contribution in [-0.2, 0) is 79.8 Å². The van der Waals surface area contributed by atoms with E-state index < -0.39 is 194 Å². The van der Waals surface area contributed by atoms with Crippen molar-refractivity contribution >= 4 is 70.9 Å². The van der Waals surface area contributed by atoms with Crippen molar-refractivity contribution in [1.82, 2.24) is 60.9 Å². The van der Waals surface area contributed by atoms with E-state index in [9.17, 15) is 42.3 Å². The third kappa shape index (κ3) is 27.2. The summed E-state index contributed by atoms with van der Waals surface area (Å²) in [4.78, 5) is 189. The molecule has 11 atom stereocenters. The van der Waals surface area contributed by atoms with Gasteiger partial charge in [0.2, 0.25) is 70.9 Å². The van der Waals surface area contributed by atoms with Crippen LogP contribution in [0.3, 0.4) is 0 Å². The summed E-state index contributed by atoms with van der Waals surface area (Å²) in [7, 11) is 7.92. The number of hydrogen-bond donors (Lipinski definition) is 6. The molecule has 0 aliphatic carbocycles. The van der Waals surface area contributed by atoms with Gasteiger partial charge in [0, 0.05) is 68.2 Å². The number of alkyl halides is 3. The zero-order valence-electron chi connectivity index (χ0n) is 65.5. The summed E-state index contributed by atoms with van der Waals surface area (Å²) in [5, 5.41) is 23.7. The smallest absolute Gasteiger partial charge is 0.382 e. The highest BCUT2D eigenvalue weighted by Gasteiger charge is 2.45. The van der Waals surface area contributed by atoms with E-state index in [1.54, 1.807) is 123 Å². The van der Waals surface area contributed by atoms with Crippen LogP contribution in [0, 0.1) is 29.6 Å². The number of aliphatic hydroxyl groups is 1. The standard InChI is InChI=1S/C76H119F3N12O15/c1-45(2)35-55-65(95)82-54(43-106-75(11,12)13)70(100)90(19)59(39-51-31-25-21-26-32-51)72(102)88(17)56(36-46(3)4)66(96)80-52(71(101)91-33-27-22-28-34-91)40-61(93)83-64(49(9)10)74(104)89(18)58(38-50-29-23-20-24-30-50)67(97)81-53(42-105-44-60(92)76(77,78)79)69(99)87(16)57(37-47(5)6)68(98)84-63(48(7)8)73(103)85(14)41-62(94)86(55)15/h20-21,23-26,29-32,45-49,52-60,63-64,92H,22,27-28,33-44H2,1-19H3,(H,80,96)(H,81,97)(H,82,95)(H,83,93)(H,84,98)/t52-,53-,54-,55-,56-,57-,58-,59-,60?,63-,64+/m0/s1. The van der Waals surface area contributed by atoms with Crippen LogP contribution in [0.15, 0.2) is 60.7 Å². The number of ether oxygens (including phenoxy) is 2. The average Bonchev–Trinajstić information content (AvgIpc) is 0.814. The van der Waals surface area contributed by atoms with E-state index >= 15 is 33.6 Å². The molecule has 2 saturated heterocycles. The lowest BCUT2D eigenvalue weighted by Gasteiger charge is -2.38. The summed E-state index contributed by atoms with van der Waals surface area (Å²) < 4.78 is 52.8. The molecule has 2 heterocycles. The number of nitrogens with zero attached hydrogens (tertiary/aromatic N) is 7. The minimum absolute atomic E-state index is 0.00741. The number of amides is 12. The van der Waals surface area contributed by atoms with Gasteiger partial charge in [-0.15, -0.1) is 0 Å². The molecule has 2 aliphatic heterocycles. The van der Waals surface area contributed by atoms with Crippen molar-refractivity contribution in [1.29, 1.82) is 0 Å². The minimum atomic E-state index is -5.17. The van der Waals surface area contributed by atoms with Gasteiger partial charge < -0.3 is 75.5 Å². The Bertz CT molecular complexity index is 3280. The minimum Gasteiger partial charge on any atom is -0.382 e. The lowest BCUT2D eigenvalue weighted by Crippen LogP contribution is -2.62. The maximum absolute atomic E-state index is 15.6. The number of halogens is 3. The fourth-order valence-corrected chi connectivity index (χ4v) is 12.6. The van der Waals surface area contributed by atoms with Crippen LogP contribution < -0.4 is 26.6 Å². The number of hydrogen-bond acceptors (Lipinski definition) is 15. The van der Waals surface area contributed by atoms with Gasteiger partial charge in [-0.1, -0.05) is 130 Å². The molecule has 30 heteroatoms. The number of piperidine rings is 1. The molecular weight excluding hydrogens is 1380 g/mol. The lowest BCUT2D eigenvalue weighted by molar-refractivity contribution is -0.217. The zero-order chi connectivity index (χ0) is 80.0. The van der Waals surface area contributed by atoms with Crippen molar-refractivity contribution in [2.24, 2.45) is 29.6 Å². The Kier molecular flexibility index (Phi) is 35.0. The molecule has 2 aromatic carbocycles. The number of carbonyl (C=O) groups excluding carboxylic acids is 12. The van der Waals surface area contributed by atoms with Crippen molar-refractivity contribution in [3.8, 4) is 0 Å². The number of benzene rings is 2. The topological polar surface area (TPSA) is 326 Å². The Balaban J connectivity index is 2.02. The summed E-state index contributed by atoms with van der Waals surface area (Å²) in [5.41, 5.74) is 0.211. The third-order valence-electron chi connectivity index (χ3n) is 19.0. The first-order valence-electron chi connectivity index (χ1n) is 36.8. The van der Waals surface area contributed by atoms with Gasteiger partial charge in [-0.05, 0) is 100 Å². The van der Waals surface area contributed by atoms with Crippen LogP contribution in [0.5, 0.6) is 0 Å². The van der Waals surface area contributed by atoms with E-state index in [1.807, 2.05) is 27.7 Å². The molecule has 0 aromatic heterocycles. The SMILES string of the molecule is CC(C)C[C@H]1C(=O)N[C@@H](COC(C)(C)C)C(=O)N(C)[C@@H](Cc2ccccc2)C(=O)N(C)[C@@H](CC(C)C)C(=O)N[C@H](C(=O)N2CCCCC2)CC(=O)N[C@H](C(C)C)C(=O)N(C)[C@@H](Cc2ccccc2)C(=O)N[C@@H](COCC(O)C(F)(F)F)C(=O)N(C)[C@@H](CC(C)C)C(=O)N[C@@H](C(C)C)C(=O)N(C)CC(=O)N1C. The van der Waals surface area contributed by atoms with Crippen LogP contribution in [0.4, 0.5) is 13.2 Å². The maximum Gasteiger partial charge on any atom is 0.416 e. The van der Waals surface area contributed by atoms with E-state index in [0.717, 1.165) is 26.0 Å². The number of rotatable bonds is 19. The average molecular weight is 1500 g/mol. The Morgan fingerprint density at radius 2 is 0.906 bits per heavy atom. The fourth-order valence-electron chi connectivity index (χ4n) is 12.6. The van der Waals surface area contributed by atoms with Crippen molar-refractivity contribution in [3.63, 3.8) is 0 Å². The monoisotopic (exact) mass is 1500 g/mol. The second-order valence-corrected chi connectivity index (χ2v) is 31.2. The second-order valence-electron chi connectivity index (χ2n) is 31.2. The molecular formula is C76H119F3N12O15. The maximum atomic E-state index is 15.6. The fraction of sp³-hybridized carbons (Fsp3) is 0.684. The van der Waals surface area contributed by atoms with Crippen LogP contribution in [0.25, 0.3) is 0 Å². The summed E-state index contributed by atoms with van der Waals surface area (Å²) in [6.07, 6.45) is -7.30. The Hall–Kier alpha value is -8.25. The van der Waals surface area contributed by atoms with Gasteiger partial charge in [0.1, 0.15) is 60.4 Å².